The molecule has 0 amide bonds. The summed E-state index contributed by atoms with van der Waals surface area (Å²) in [5.41, 5.74) is 6.09. The minimum absolute atomic E-state index is 0.288. The van der Waals surface area contributed by atoms with Gasteiger partial charge in [-0.25, -0.2) is 0 Å². The molecule has 0 aliphatic carbocycles. The van der Waals surface area contributed by atoms with Gasteiger partial charge in [0.05, 0.1) is 0 Å². The lowest BCUT2D eigenvalue weighted by Gasteiger charge is -2.12. The Morgan fingerprint density at radius 2 is 2.40 bits per heavy atom. The molecule has 3 N–H and O–H groups in total. The molecule has 0 saturated heterocycles. The third-order valence-electron chi connectivity index (χ3n) is 2.06. The predicted molar refractivity (Wildman–Crippen MR) is 55.3 cm³/mol. The van der Waals surface area contributed by atoms with Gasteiger partial charge >= 0.3 is 0 Å². The van der Waals surface area contributed by atoms with E-state index in [-0.39, 0.29) is 6.04 Å². The number of hydrogen-bond acceptors (Lipinski definition) is 6. The van der Waals surface area contributed by atoms with Crippen LogP contribution >= 0.6 is 0 Å². The molecular formula is C8H13N7. The molecule has 1 atom stereocenters. The van der Waals surface area contributed by atoms with E-state index in [1.165, 1.54) is 4.63 Å². The van der Waals surface area contributed by atoms with Crippen LogP contribution < -0.4 is 11.1 Å². The Bertz CT molecular complexity index is 437. The quantitative estimate of drug-likeness (QED) is 0.712. The summed E-state index contributed by atoms with van der Waals surface area (Å²) in [6, 6.07) is 3.94. The first kappa shape index (κ1) is 9.78. The minimum atomic E-state index is 0.288. The fourth-order valence-corrected chi connectivity index (χ4v) is 1.30. The summed E-state index contributed by atoms with van der Waals surface area (Å²) in [7, 11) is 0. The van der Waals surface area contributed by atoms with Crippen molar-refractivity contribution < 1.29 is 0 Å². The zero-order valence-electron chi connectivity index (χ0n) is 8.46. The van der Waals surface area contributed by atoms with Crippen molar-refractivity contribution in [1.29, 1.82) is 0 Å². The smallest absolute Gasteiger partial charge is 0.200 e. The van der Waals surface area contributed by atoms with Crippen LogP contribution in [-0.2, 0) is 0 Å². The van der Waals surface area contributed by atoms with Crippen LogP contribution in [0.25, 0.3) is 5.65 Å². The Morgan fingerprint density at radius 3 is 3.20 bits per heavy atom. The predicted octanol–water partition coefficient (Wildman–Crippen LogP) is -0.332. The molecule has 0 radical (unpaired) electrons. The number of nitrogens with two attached hydrogens (primary N) is 1. The van der Waals surface area contributed by atoms with Gasteiger partial charge in [-0.15, -0.1) is 14.8 Å². The average Bonchev–Trinajstić information content (AvgIpc) is 2.65. The zero-order valence-corrected chi connectivity index (χ0v) is 8.46. The van der Waals surface area contributed by atoms with Crippen LogP contribution in [0, 0.1) is 0 Å². The fraction of sp³-hybridized carbons (Fsp3) is 0.500. The second kappa shape index (κ2) is 4.18. The molecule has 0 bridgehead atoms. The Hall–Kier alpha value is -1.76. The molecule has 0 saturated carbocycles. The molecular weight excluding hydrogens is 194 g/mol. The number of nitrogens with zero attached hydrogens (tertiary/aromatic N) is 5. The highest BCUT2D eigenvalue weighted by atomic mass is 15.6. The Balaban J connectivity index is 2.14. The van der Waals surface area contributed by atoms with Gasteiger partial charge in [-0.2, -0.15) is 0 Å². The van der Waals surface area contributed by atoms with Gasteiger partial charge in [0.15, 0.2) is 5.65 Å². The highest BCUT2D eigenvalue weighted by Crippen LogP contribution is 2.05. The lowest BCUT2D eigenvalue weighted by molar-refractivity contribution is 0.694. The molecule has 0 aliphatic rings. The van der Waals surface area contributed by atoms with Crippen molar-refractivity contribution >= 4 is 11.5 Å². The number of rotatable bonds is 4. The zero-order chi connectivity index (χ0) is 10.7. The highest BCUT2D eigenvalue weighted by Gasteiger charge is 2.03. The van der Waals surface area contributed by atoms with Gasteiger partial charge in [-0.3, -0.25) is 0 Å². The minimum Gasteiger partial charge on any atom is -0.366 e. The maximum atomic E-state index is 5.46. The number of fused-ring (bicyclic) bond motifs is 1. The van der Waals surface area contributed by atoms with Crippen LogP contribution in [0.1, 0.15) is 13.3 Å². The topological polar surface area (TPSA) is 94.0 Å². The van der Waals surface area contributed by atoms with Crippen LogP contribution in [0.15, 0.2) is 12.1 Å². The molecule has 15 heavy (non-hydrogen) atoms. The molecule has 7 nitrogen and oxygen atoms in total. The summed E-state index contributed by atoms with van der Waals surface area (Å²) in [6.45, 7) is 2.71. The molecule has 1 unspecified atom stereocenters. The second-order valence-corrected chi connectivity index (χ2v) is 3.37. The molecule has 2 aromatic rings. The van der Waals surface area contributed by atoms with Crippen molar-refractivity contribution in [2.45, 2.75) is 19.4 Å². The van der Waals surface area contributed by atoms with Gasteiger partial charge in [0.2, 0.25) is 0 Å². The van der Waals surface area contributed by atoms with Crippen molar-refractivity contribution in [3.8, 4) is 0 Å². The van der Waals surface area contributed by atoms with E-state index in [2.05, 4.69) is 32.9 Å². The highest BCUT2D eigenvalue weighted by molar-refractivity contribution is 5.42. The number of tetrazole rings is 1. The van der Waals surface area contributed by atoms with E-state index in [1.54, 1.807) is 0 Å². The van der Waals surface area contributed by atoms with Crippen molar-refractivity contribution in [3.63, 3.8) is 0 Å². The van der Waals surface area contributed by atoms with Gasteiger partial charge in [-0.05, 0) is 42.4 Å². The van der Waals surface area contributed by atoms with E-state index >= 15 is 0 Å². The summed E-state index contributed by atoms with van der Waals surface area (Å²) in [4.78, 5) is 0. The number of nitrogens with one attached hydrogen (secondary N) is 1. The lowest BCUT2D eigenvalue weighted by Crippen LogP contribution is -2.20. The molecule has 2 rings (SSSR count). The molecule has 2 heterocycles. The van der Waals surface area contributed by atoms with Crippen LogP contribution in [0.2, 0.25) is 0 Å². The van der Waals surface area contributed by atoms with Crippen molar-refractivity contribution in [1.82, 2.24) is 25.3 Å². The normalized spacial score (nSPS) is 12.9. The van der Waals surface area contributed by atoms with E-state index in [0.717, 1.165) is 12.2 Å². The van der Waals surface area contributed by atoms with Gasteiger partial charge in [0, 0.05) is 6.04 Å². The number of hydrogen-bond donors (Lipinski definition) is 2. The van der Waals surface area contributed by atoms with Gasteiger partial charge < -0.3 is 11.1 Å². The standard InChI is InChI=1S/C8H13N7/c1-6(4-5-9)10-7-2-3-8-11-13-14-15(8)12-7/h2-3,6H,4-5,9H2,1H3,(H,10,12). The third-order valence-corrected chi connectivity index (χ3v) is 2.06. The van der Waals surface area contributed by atoms with Crippen molar-refractivity contribution in [2.24, 2.45) is 5.73 Å². The van der Waals surface area contributed by atoms with Crippen LogP contribution in [-0.4, -0.2) is 37.8 Å². The molecule has 80 valence electrons. The Kier molecular flexibility index (Phi) is 2.72. The molecule has 0 spiro atoms. The van der Waals surface area contributed by atoms with E-state index in [9.17, 15) is 0 Å². The van der Waals surface area contributed by atoms with Crippen LogP contribution in [0.4, 0.5) is 5.82 Å². The summed E-state index contributed by atoms with van der Waals surface area (Å²) in [5.74, 6) is 0.746. The van der Waals surface area contributed by atoms with Gasteiger partial charge in [0.1, 0.15) is 5.82 Å². The Morgan fingerprint density at radius 1 is 1.53 bits per heavy atom. The summed E-state index contributed by atoms with van der Waals surface area (Å²) < 4.78 is 1.39. The fourth-order valence-electron chi connectivity index (χ4n) is 1.30. The first-order chi connectivity index (χ1) is 7.29. The summed E-state index contributed by atoms with van der Waals surface area (Å²) in [6.07, 6.45) is 0.898. The van der Waals surface area contributed by atoms with E-state index in [0.29, 0.717) is 12.2 Å². The second-order valence-electron chi connectivity index (χ2n) is 3.37. The van der Waals surface area contributed by atoms with E-state index in [4.69, 9.17) is 5.73 Å². The van der Waals surface area contributed by atoms with Gasteiger partial charge in [-0.1, -0.05) is 0 Å². The molecule has 2 aromatic heterocycles. The Labute approximate surface area is 86.7 Å². The first-order valence-corrected chi connectivity index (χ1v) is 4.81. The third kappa shape index (κ3) is 2.18. The lowest BCUT2D eigenvalue weighted by atomic mass is 10.2. The van der Waals surface area contributed by atoms with E-state index in [1.807, 2.05) is 12.1 Å². The maximum Gasteiger partial charge on any atom is 0.200 e. The largest absolute Gasteiger partial charge is 0.366 e. The first-order valence-electron chi connectivity index (χ1n) is 4.81. The maximum absolute atomic E-state index is 5.46. The van der Waals surface area contributed by atoms with Crippen molar-refractivity contribution in [3.05, 3.63) is 12.1 Å². The van der Waals surface area contributed by atoms with Crippen LogP contribution in [0.5, 0.6) is 0 Å². The summed E-state index contributed by atoms with van der Waals surface area (Å²) in [5, 5.41) is 18.4. The summed E-state index contributed by atoms with van der Waals surface area (Å²) >= 11 is 0. The monoisotopic (exact) mass is 207 g/mol. The van der Waals surface area contributed by atoms with Crippen LogP contribution in [0.3, 0.4) is 0 Å². The SMILES string of the molecule is CC(CCN)Nc1ccc2nnnn2n1. The van der Waals surface area contributed by atoms with Gasteiger partial charge in [0.25, 0.3) is 0 Å². The molecule has 0 aromatic carbocycles. The molecule has 0 aliphatic heterocycles. The van der Waals surface area contributed by atoms with Crippen molar-refractivity contribution in [2.75, 3.05) is 11.9 Å². The number of anilines is 1. The molecule has 0 fully saturated rings. The average molecular weight is 207 g/mol. The number of aromatic nitrogens is 5. The molecule has 7 heteroatoms. The van der Waals surface area contributed by atoms with E-state index < -0.39 is 0 Å².